The van der Waals surface area contributed by atoms with Gasteiger partial charge >= 0.3 is 0 Å². The van der Waals surface area contributed by atoms with Crippen LogP contribution in [-0.2, 0) is 6.42 Å². The lowest BCUT2D eigenvalue weighted by Gasteiger charge is -2.27. The lowest BCUT2D eigenvalue weighted by Crippen LogP contribution is -2.15. The molecule has 0 aliphatic rings. The maximum Gasteiger partial charge on any atom is 0.0467 e. The summed E-state index contributed by atoms with van der Waals surface area (Å²) in [5.41, 5.74) is 9.61. The summed E-state index contributed by atoms with van der Waals surface area (Å²) < 4.78 is 0. The summed E-state index contributed by atoms with van der Waals surface area (Å²) in [4.78, 5) is 2.40. The predicted octanol–water partition coefficient (Wildman–Crippen LogP) is 13.7. The molecule has 0 fully saturated rings. The van der Waals surface area contributed by atoms with Gasteiger partial charge in [0.15, 0.2) is 0 Å². The van der Waals surface area contributed by atoms with E-state index in [1.165, 1.54) is 60.1 Å². The number of fused-ring (bicyclic) bond motifs is 4. The average molecular weight is 642 g/mol. The quantitative estimate of drug-likeness (QED) is 0.112. The van der Waals surface area contributed by atoms with Gasteiger partial charge in [0.25, 0.3) is 0 Å². The molecule has 8 rings (SSSR count). The van der Waals surface area contributed by atoms with Crippen molar-refractivity contribution >= 4 is 43.7 Å². The van der Waals surface area contributed by atoms with Gasteiger partial charge in [-0.15, -0.1) is 0 Å². The fourth-order valence-corrected chi connectivity index (χ4v) is 7.22. The molecule has 0 spiro atoms. The molecule has 0 amide bonds. The van der Waals surface area contributed by atoms with E-state index in [4.69, 9.17) is 0 Å². The third kappa shape index (κ3) is 6.22. The van der Waals surface area contributed by atoms with Crippen molar-refractivity contribution in [1.82, 2.24) is 0 Å². The van der Waals surface area contributed by atoms with Gasteiger partial charge in [-0.1, -0.05) is 171 Å². The van der Waals surface area contributed by atoms with Gasteiger partial charge in [0.1, 0.15) is 0 Å². The van der Waals surface area contributed by atoms with Crippen LogP contribution in [0, 0.1) is 0 Å². The van der Waals surface area contributed by atoms with E-state index in [2.05, 4.69) is 206 Å². The predicted molar refractivity (Wildman–Crippen MR) is 216 cm³/mol. The molecule has 0 saturated carbocycles. The van der Waals surface area contributed by atoms with Crippen LogP contribution in [0.5, 0.6) is 0 Å². The van der Waals surface area contributed by atoms with E-state index in [9.17, 15) is 0 Å². The first-order valence-corrected chi connectivity index (χ1v) is 17.6. The lowest BCUT2D eigenvalue weighted by atomic mass is 9.95. The van der Waals surface area contributed by atoms with Crippen LogP contribution in [-0.4, -0.2) is 0 Å². The van der Waals surface area contributed by atoms with E-state index in [-0.39, 0.29) is 0 Å². The third-order valence-corrected chi connectivity index (χ3v) is 9.59. The maximum absolute atomic E-state index is 2.40. The van der Waals surface area contributed by atoms with Crippen LogP contribution < -0.4 is 4.90 Å². The highest BCUT2D eigenvalue weighted by Gasteiger charge is 2.15. The molecular formula is C49H39N. The van der Waals surface area contributed by atoms with Crippen molar-refractivity contribution in [1.29, 1.82) is 0 Å². The first kappa shape index (κ1) is 31.1. The Morgan fingerprint density at radius 3 is 1.92 bits per heavy atom. The van der Waals surface area contributed by atoms with Gasteiger partial charge in [0, 0.05) is 17.1 Å². The molecule has 0 unspecified atom stereocenters. The van der Waals surface area contributed by atoms with E-state index in [1.54, 1.807) is 0 Å². The van der Waals surface area contributed by atoms with Crippen molar-refractivity contribution in [2.24, 2.45) is 0 Å². The van der Waals surface area contributed by atoms with E-state index in [1.807, 2.05) is 0 Å². The average Bonchev–Trinajstić information content (AvgIpc) is 3.18. The van der Waals surface area contributed by atoms with Crippen molar-refractivity contribution in [2.45, 2.75) is 19.8 Å². The summed E-state index contributed by atoms with van der Waals surface area (Å²) in [7, 11) is 0. The van der Waals surface area contributed by atoms with Crippen molar-refractivity contribution in [3.8, 4) is 22.3 Å². The van der Waals surface area contributed by atoms with Gasteiger partial charge in [0.05, 0.1) is 0 Å². The highest BCUT2D eigenvalue weighted by molar-refractivity contribution is 6.09. The van der Waals surface area contributed by atoms with E-state index < -0.39 is 0 Å². The van der Waals surface area contributed by atoms with Gasteiger partial charge in [-0.3, -0.25) is 0 Å². The molecule has 0 saturated heterocycles. The third-order valence-electron chi connectivity index (χ3n) is 9.59. The zero-order valence-electron chi connectivity index (χ0n) is 28.3. The number of nitrogens with zero attached hydrogens (tertiary/aromatic N) is 1. The summed E-state index contributed by atoms with van der Waals surface area (Å²) in [5, 5.41) is 7.73. The summed E-state index contributed by atoms with van der Waals surface area (Å²) in [6.07, 6.45) is 8.73. The zero-order chi connectivity index (χ0) is 33.7. The molecule has 0 N–H and O–H groups in total. The molecule has 0 radical (unpaired) electrons. The number of allylic oxidation sites excluding steroid dienone is 3. The minimum absolute atomic E-state index is 0.838. The summed E-state index contributed by atoms with van der Waals surface area (Å²) in [5.74, 6) is 0. The van der Waals surface area contributed by atoms with Crippen LogP contribution in [0.1, 0.15) is 18.9 Å². The van der Waals surface area contributed by atoms with E-state index >= 15 is 0 Å². The molecule has 240 valence electrons. The van der Waals surface area contributed by atoms with Gasteiger partial charge in [0.2, 0.25) is 0 Å². The summed E-state index contributed by atoms with van der Waals surface area (Å²) >= 11 is 0. The van der Waals surface area contributed by atoms with Crippen LogP contribution in [0.2, 0.25) is 0 Å². The Morgan fingerprint density at radius 2 is 1.12 bits per heavy atom. The Morgan fingerprint density at radius 1 is 0.480 bits per heavy atom. The SMILES string of the molecule is CC/C=C(\C=C/Cc1cc2ccccc2c2ccccc12)N(c1ccc(-c2cccc3ccccc23)cc1)c1cccc(-c2ccccc2)c1. The molecular weight excluding hydrogens is 603 g/mol. The van der Waals surface area contributed by atoms with Crippen molar-refractivity contribution < 1.29 is 0 Å². The molecule has 1 heteroatoms. The molecule has 8 aromatic carbocycles. The number of hydrogen-bond donors (Lipinski definition) is 0. The van der Waals surface area contributed by atoms with Gasteiger partial charge in [-0.2, -0.15) is 0 Å². The van der Waals surface area contributed by atoms with Crippen LogP contribution in [0.3, 0.4) is 0 Å². The smallest absolute Gasteiger partial charge is 0.0467 e. The second-order valence-electron chi connectivity index (χ2n) is 12.8. The first-order chi connectivity index (χ1) is 24.8. The second kappa shape index (κ2) is 14.1. The van der Waals surface area contributed by atoms with E-state index in [0.717, 1.165) is 29.9 Å². The molecule has 0 bridgehead atoms. The minimum atomic E-state index is 0.838. The van der Waals surface area contributed by atoms with Crippen LogP contribution >= 0.6 is 0 Å². The van der Waals surface area contributed by atoms with Crippen molar-refractivity contribution in [3.63, 3.8) is 0 Å². The highest BCUT2D eigenvalue weighted by Crippen LogP contribution is 2.37. The monoisotopic (exact) mass is 641 g/mol. The van der Waals surface area contributed by atoms with Gasteiger partial charge < -0.3 is 4.90 Å². The molecule has 1 nitrogen and oxygen atoms in total. The molecule has 0 aromatic heterocycles. The zero-order valence-corrected chi connectivity index (χ0v) is 28.3. The fourth-order valence-electron chi connectivity index (χ4n) is 7.22. The molecule has 50 heavy (non-hydrogen) atoms. The number of anilines is 2. The Hall–Kier alpha value is -6.18. The molecule has 0 heterocycles. The number of benzene rings is 8. The summed E-state index contributed by atoms with van der Waals surface area (Å²) in [6.45, 7) is 2.22. The highest BCUT2D eigenvalue weighted by atomic mass is 15.1. The Bertz CT molecular complexity index is 2480. The normalized spacial score (nSPS) is 11.9. The topological polar surface area (TPSA) is 3.24 Å². The number of hydrogen-bond acceptors (Lipinski definition) is 1. The van der Waals surface area contributed by atoms with Crippen LogP contribution in [0.25, 0.3) is 54.6 Å². The lowest BCUT2D eigenvalue weighted by molar-refractivity contribution is 1.13. The van der Waals surface area contributed by atoms with Crippen molar-refractivity contribution in [3.05, 3.63) is 205 Å². The minimum Gasteiger partial charge on any atom is -0.311 e. The standard InChI is InChI=1S/C49H39N/c1-2-15-42(23-13-22-41-34-40-19-7-9-26-47(40)49-28-11-10-27-48(41)49)50(44-24-12-21-39(35-44)36-16-4-3-5-17-36)43-32-30-38(31-33-43)46-29-14-20-37-18-6-8-25-45(37)46/h3-21,23-35H,2,22H2,1H3/b23-13-,42-15+. The second-order valence-corrected chi connectivity index (χ2v) is 12.8. The Labute approximate surface area is 295 Å². The maximum atomic E-state index is 2.40. The summed E-state index contributed by atoms with van der Waals surface area (Å²) in [6, 6.07) is 63.6. The van der Waals surface area contributed by atoms with E-state index in [0.29, 0.717) is 0 Å². The van der Waals surface area contributed by atoms with Crippen LogP contribution in [0.4, 0.5) is 11.4 Å². The van der Waals surface area contributed by atoms with Gasteiger partial charge in [-0.25, -0.2) is 0 Å². The first-order valence-electron chi connectivity index (χ1n) is 17.6. The largest absolute Gasteiger partial charge is 0.311 e. The fraction of sp³-hybridized carbons (Fsp3) is 0.0612. The van der Waals surface area contributed by atoms with Crippen molar-refractivity contribution in [2.75, 3.05) is 4.90 Å². The Balaban J connectivity index is 1.20. The number of rotatable bonds is 9. The van der Waals surface area contributed by atoms with Crippen LogP contribution in [0.15, 0.2) is 200 Å². The molecule has 0 aliphatic carbocycles. The Kier molecular flexibility index (Phi) is 8.79. The van der Waals surface area contributed by atoms with Gasteiger partial charge in [-0.05, 0) is 103 Å². The molecule has 0 atom stereocenters. The molecule has 0 aliphatic heterocycles. The molecule has 8 aromatic rings.